The van der Waals surface area contributed by atoms with Gasteiger partial charge in [-0.05, 0) is 54.8 Å². The average Bonchev–Trinajstić information content (AvgIpc) is 2.70. The van der Waals surface area contributed by atoms with Crippen LogP contribution in [0.5, 0.6) is 5.75 Å². The molecule has 2 aromatic carbocycles. The number of nitrogens with zero attached hydrogens (tertiary/aromatic N) is 1. The van der Waals surface area contributed by atoms with Crippen LogP contribution in [0.4, 0.5) is 10.5 Å². The number of rotatable bonds is 8. The summed E-state index contributed by atoms with van der Waals surface area (Å²) in [6, 6.07) is 14.8. The van der Waals surface area contributed by atoms with Crippen LogP contribution < -0.4 is 5.32 Å². The van der Waals surface area contributed by atoms with Gasteiger partial charge < -0.3 is 14.9 Å². The highest BCUT2D eigenvalue weighted by atomic mass is 16.6. The number of phenols is 1. The Balaban J connectivity index is 2.17. The Morgan fingerprint density at radius 1 is 1.17 bits per heavy atom. The summed E-state index contributed by atoms with van der Waals surface area (Å²) in [7, 11) is 0. The minimum Gasteiger partial charge on any atom is -0.508 e. The fourth-order valence-corrected chi connectivity index (χ4v) is 2.98. The summed E-state index contributed by atoms with van der Waals surface area (Å²) < 4.78 is 5.74. The highest BCUT2D eigenvalue weighted by molar-refractivity contribution is 5.84. The molecule has 0 aliphatic rings. The molecule has 0 radical (unpaired) electrons. The van der Waals surface area contributed by atoms with E-state index in [1.165, 1.54) is 12.1 Å². The standard InChI is InChI=1S/C23H24N2O5/c1-23(2,14-4-3-5-20(27)28)21(17-8-12-19(26)13-9-17)30-22(29)25-18-10-6-16(15-24)7-11-18/h3,5-13,21,26H,4,14H2,1-2H3,(H,25,29)(H,27,28)/b5-3+/t21-/m1/s1. The fraction of sp³-hybridized carbons (Fsp3) is 0.261. The number of anilines is 1. The molecule has 2 aromatic rings. The van der Waals surface area contributed by atoms with Crippen molar-refractivity contribution in [3.05, 3.63) is 71.8 Å². The molecular weight excluding hydrogens is 384 g/mol. The number of allylic oxidation sites excluding steroid dienone is 1. The van der Waals surface area contributed by atoms with Crippen molar-refractivity contribution < 1.29 is 24.5 Å². The number of amides is 1. The number of carboxylic acid groups (broad SMARTS) is 1. The van der Waals surface area contributed by atoms with E-state index in [9.17, 15) is 14.7 Å². The van der Waals surface area contributed by atoms with Gasteiger partial charge in [0.1, 0.15) is 11.9 Å². The van der Waals surface area contributed by atoms with E-state index in [-0.39, 0.29) is 5.75 Å². The van der Waals surface area contributed by atoms with Gasteiger partial charge in [-0.15, -0.1) is 0 Å². The maximum absolute atomic E-state index is 12.5. The number of carbonyl (C=O) groups excluding carboxylic acids is 1. The van der Waals surface area contributed by atoms with Gasteiger partial charge in [-0.2, -0.15) is 5.26 Å². The molecule has 3 N–H and O–H groups in total. The second-order valence-corrected chi connectivity index (χ2v) is 7.46. The molecule has 0 saturated carbocycles. The second-order valence-electron chi connectivity index (χ2n) is 7.46. The van der Waals surface area contributed by atoms with Crippen LogP contribution >= 0.6 is 0 Å². The van der Waals surface area contributed by atoms with Gasteiger partial charge in [-0.25, -0.2) is 9.59 Å². The van der Waals surface area contributed by atoms with Gasteiger partial charge in [0.25, 0.3) is 0 Å². The lowest BCUT2D eigenvalue weighted by atomic mass is 9.78. The van der Waals surface area contributed by atoms with E-state index in [1.54, 1.807) is 42.5 Å². The molecule has 0 heterocycles. The van der Waals surface area contributed by atoms with Crippen LogP contribution in [0.3, 0.4) is 0 Å². The van der Waals surface area contributed by atoms with Gasteiger partial charge in [-0.3, -0.25) is 5.32 Å². The number of aromatic hydroxyl groups is 1. The van der Waals surface area contributed by atoms with Crippen molar-refractivity contribution in [2.45, 2.75) is 32.8 Å². The lowest BCUT2D eigenvalue weighted by Gasteiger charge is -2.34. The summed E-state index contributed by atoms with van der Waals surface area (Å²) in [5.41, 5.74) is 1.15. The molecule has 30 heavy (non-hydrogen) atoms. The number of nitrogens with one attached hydrogen (secondary N) is 1. The first-order valence-electron chi connectivity index (χ1n) is 9.37. The molecule has 0 aliphatic carbocycles. The Hall–Kier alpha value is -3.79. The monoisotopic (exact) mass is 408 g/mol. The topological polar surface area (TPSA) is 120 Å². The predicted molar refractivity (Wildman–Crippen MR) is 112 cm³/mol. The molecule has 0 saturated heterocycles. The number of benzene rings is 2. The maximum Gasteiger partial charge on any atom is 0.412 e. The van der Waals surface area contributed by atoms with E-state index >= 15 is 0 Å². The van der Waals surface area contributed by atoms with E-state index in [0.29, 0.717) is 29.7 Å². The molecular formula is C23H24N2O5. The number of ether oxygens (including phenoxy) is 1. The first-order valence-corrected chi connectivity index (χ1v) is 9.37. The zero-order chi connectivity index (χ0) is 22.1. The molecule has 0 bridgehead atoms. The lowest BCUT2D eigenvalue weighted by Crippen LogP contribution is -2.29. The highest BCUT2D eigenvalue weighted by Crippen LogP contribution is 2.41. The maximum atomic E-state index is 12.5. The molecule has 0 fully saturated rings. The van der Waals surface area contributed by atoms with Crippen molar-refractivity contribution in [1.29, 1.82) is 5.26 Å². The Kier molecular flexibility index (Phi) is 7.59. The minimum atomic E-state index is -1.01. The van der Waals surface area contributed by atoms with Crippen molar-refractivity contribution in [1.82, 2.24) is 0 Å². The largest absolute Gasteiger partial charge is 0.508 e. The van der Waals surface area contributed by atoms with Crippen molar-refractivity contribution in [2.24, 2.45) is 5.41 Å². The number of carboxylic acids is 1. The minimum absolute atomic E-state index is 0.0988. The van der Waals surface area contributed by atoms with Gasteiger partial charge in [0.2, 0.25) is 0 Å². The van der Waals surface area contributed by atoms with Gasteiger partial charge in [-0.1, -0.05) is 32.1 Å². The highest BCUT2D eigenvalue weighted by Gasteiger charge is 2.33. The summed E-state index contributed by atoms with van der Waals surface area (Å²) in [6.07, 6.45) is 2.40. The summed E-state index contributed by atoms with van der Waals surface area (Å²) in [5.74, 6) is -0.914. The Bertz CT molecular complexity index is 941. The number of hydrogen-bond acceptors (Lipinski definition) is 5. The average molecular weight is 408 g/mol. The number of hydrogen-bond donors (Lipinski definition) is 3. The second kappa shape index (κ2) is 10.1. The molecule has 1 atom stereocenters. The van der Waals surface area contributed by atoms with Crippen LogP contribution in [0.15, 0.2) is 60.7 Å². The smallest absolute Gasteiger partial charge is 0.412 e. The van der Waals surface area contributed by atoms with E-state index in [0.717, 1.165) is 6.08 Å². The van der Waals surface area contributed by atoms with E-state index < -0.39 is 23.6 Å². The lowest BCUT2D eigenvalue weighted by molar-refractivity contribution is -0.131. The molecule has 7 nitrogen and oxygen atoms in total. The fourth-order valence-electron chi connectivity index (χ4n) is 2.98. The number of carbonyl (C=O) groups is 2. The molecule has 0 aromatic heterocycles. The Labute approximate surface area is 175 Å². The third kappa shape index (κ3) is 6.67. The molecule has 0 unspecified atom stereocenters. The third-order valence-electron chi connectivity index (χ3n) is 4.61. The van der Waals surface area contributed by atoms with Gasteiger partial charge >= 0.3 is 12.1 Å². The SMILES string of the molecule is CC(C)(CC/C=C/C(=O)O)[C@H](OC(=O)Nc1ccc(C#N)cc1)c1ccc(O)cc1. The number of nitriles is 1. The first-order chi connectivity index (χ1) is 14.2. The van der Waals surface area contributed by atoms with Crippen LogP contribution in [0.2, 0.25) is 0 Å². The normalized spacial score (nSPS) is 12.2. The molecule has 0 spiro atoms. The zero-order valence-electron chi connectivity index (χ0n) is 16.8. The van der Waals surface area contributed by atoms with Crippen molar-refractivity contribution >= 4 is 17.7 Å². The van der Waals surface area contributed by atoms with Crippen molar-refractivity contribution in [3.8, 4) is 11.8 Å². The zero-order valence-corrected chi connectivity index (χ0v) is 16.8. The quantitative estimate of drug-likeness (QED) is 0.529. The summed E-state index contributed by atoms with van der Waals surface area (Å²) in [4.78, 5) is 23.2. The van der Waals surface area contributed by atoms with Crippen molar-refractivity contribution in [2.75, 3.05) is 5.32 Å². The molecule has 2 rings (SSSR count). The molecule has 1 amide bonds. The van der Waals surface area contributed by atoms with Crippen molar-refractivity contribution in [3.63, 3.8) is 0 Å². The van der Waals surface area contributed by atoms with Crippen LogP contribution in [-0.4, -0.2) is 22.3 Å². The summed E-state index contributed by atoms with van der Waals surface area (Å²) in [5, 5.41) is 29.8. The molecule has 7 heteroatoms. The van der Waals surface area contributed by atoms with Crippen LogP contribution in [-0.2, 0) is 9.53 Å². The van der Waals surface area contributed by atoms with Gasteiger partial charge in [0.15, 0.2) is 0 Å². The number of aliphatic carboxylic acids is 1. The van der Waals surface area contributed by atoms with Gasteiger partial charge in [0.05, 0.1) is 11.6 Å². The predicted octanol–water partition coefficient (Wildman–Crippen LogP) is 5.00. The Morgan fingerprint density at radius 3 is 2.37 bits per heavy atom. The molecule has 0 aliphatic heterocycles. The third-order valence-corrected chi connectivity index (χ3v) is 4.61. The van der Waals surface area contributed by atoms with Crippen LogP contribution in [0.1, 0.15) is 43.9 Å². The number of phenolic OH excluding ortho intramolecular Hbond substituents is 1. The van der Waals surface area contributed by atoms with E-state index in [1.807, 2.05) is 19.9 Å². The Morgan fingerprint density at radius 2 is 1.80 bits per heavy atom. The first kappa shape index (κ1) is 22.5. The van der Waals surface area contributed by atoms with Crippen LogP contribution in [0, 0.1) is 16.7 Å². The summed E-state index contributed by atoms with van der Waals surface area (Å²) >= 11 is 0. The summed E-state index contributed by atoms with van der Waals surface area (Å²) in [6.45, 7) is 3.85. The van der Waals surface area contributed by atoms with E-state index in [2.05, 4.69) is 5.32 Å². The van der Waals surface area contributed by atoms with E-state index in [4.69, 9.17) is 15.1 Å². The molecule has 156 valence electrons. The van der Waals surface area contributed by atoms with Gasteiger partial charge in [0, 0.05) is 17.2 Å². The van der Waals surface area contributed by atoms with Crippen LogP contribution in [0.25, 0.3) is 0 Å².